The lowest BCUT2D eigenvalue weighted by Gasteiger charge is -2.43. The van der Waals surface area contributed by atoms with Crippen molar-refractivity contribution in [1.82, 2.24) is 5.32 Å². The molecular formula is C21H26N2O. The molecule has 3 nitrogen and oxygen atoms in total. The molecule has 3 heteroatoms. The lowest BCUT2D eigenvalue weighted by atomic mass is 9.72. The van der Waals surface area contributed by atoms with Gasteiger partial charge >= 0.3 is 0 Å². The van der Waals surface area contributed by atoms with Crippen LogP contribution in [0.4, 0.5) is 0 Å². The van der Waals surface area contributed by atoms with Gasteiger partial charge in [0.15, 0.2) is 0 Å². The predicted octanol–water partition coefficient (Wildman–Crippen LogP) is 4.95. The SMILES string of the molecule is CC[C@@H]1C(=NO)[C@@H](CC)[C@H](c2ccccc2)N[C@H]1c1ccccc1. The molecular weight excluding hydrogens is 296 g/mol. The Bertz CT molecular complexity index is 613. The minimum absolute atomic E-state index is 0.162. The Morgan fingerprint density at radius 3 is 1.54 bits per heavy atom. The highest BCUT2D eigenvalue weighted by Crippen LogP contribution is 2.41. The summed E-state index contributed by atoms with van der Waals surface area (Å²) in [7, 11) is 0. The first-order chi connectivity index (χ1) is 11.8. The fraction of sp³-hybridized carbons (Fsp3) is 0.381. The van der Waals surface area contributed by atoms with Gasteiger partial charge in [0.05, 0.1) is 5.71 Å². The predicted molar refractivity (Wildman–Crippen MR) is 98.3 cm³/mol. The smallest absolute Gasteiger partial charge is 0.0670 e. The molecule has 1 heterocycles. The first-order valence-electron chi connectivity index (χ1n) is 8.87. The van der Waals surface area contributed by atoms with Crippen molar-refractivity contribution in [3.8, 4) is 0 Å². The molecule has 2 aromatic carbocycles. The van der Waals surface area contributed by atoms with E-state index >= 15 is 0 Å². The largest absolute Gasteiger partial charge is 0.411 e. The molecule has 1 saturated heterocycles. The molecule has 0 unspecified atom stereocenters. The van der Waals surface area contributed by atoms with Crippen LogP contribution in [0, 0.1) is 11.8 Å². The van der Waals surface area contributed by atoms with Crippen LogP contribution in [0.15, 0.2) is 65.8 Å². The molecule has 4 atom stereocenters. The van der Waals surface area contributed by atoms with E-state index in [1.807, 2.05) is 12.1 Å². The van der Waals surface area contributed by atoms with Crippen LogP contribution in [0.1, 0.15) is 49.9 Å². The van der Waals surface area contributed by atoms with Crippen molar-refractivity contribution in [2.75, 3.05) is 0 Å². The first-order valence-corrected chi connectivity index (χ1v) is 8.87. The summed E-state index contributed by atoms with van der Waals surface area (Å²) < 4.78 is 0. The molecule has 126 valence electrons. The number of benzene rings is 2. The first kappa shape index (κ1) is 16.7. The fourth-order valence-corrected chi connectivity index (χ4v) is 4.06. The van der Waals surface area contributed by atoms with Gasteiger partial charge in [0.1, 0.15) is 0 Å². The quantitative estimate of drug-likeness (QED) is 0.617. The fourth-order valence-electron chi connectivity index (χ4n) is 4.06. The molecule has 0 amide bonds. The molecule has 24 heavy (non-hydrogen) atoms. The highest BCUT2D eigenvalue weighted by atomic mass is 16.4. The third-order valence-electron chi connectivity index (χ3n) is 5.24. The van der Waals surface area contributed by atoms with Crippen molar-refractivity contribution in [2.24, 2.45) is 17.0 Å². The van der Waals surface area contributed by atoms with Crippen LogP contribution in [0.3, 0.4) is 0 Å². The monoisotopic (exact) mass is 322 g/mol. The lowest BCUT2D eigenvalue weighted by Crippen LogP contribution is -2.48. The minimum Gasteiger partial charge on any atom is -0.411 e. The van der Waals surface area contributed by atoms with Gasteiger partial charge in [-0.15, -0.1) is 0 Å². The number of hydrogen-bond acceptors (Lipinski definition) is 3. The second kappa shape index (κ2) is 7.63. The van der Waals surface area contributed by atoms with Crippen molar-refractivity contribution < 1.29 is 5.21 Å². The van der Waals surface area contributed by atoms with Gasteiger partial charge in [-0.05, 0) is 24.0 Å². The zero-order valence-corrected chi connectivity index (χ0v) is 14.4. The molecule has 3 rings (SSSR count). The van der Waals surface area contributed by atoms with E-state index in [0.717, 1.165) is 18.6 Å². The molecule has 1 fully saturated rings. The van der Waals surface area contributed by atoms with E-state index in [-0.39, 0.29) is 23.9 Å². The Kier molecular flexibility index (Phi) is 5.31. The van der Waals surface area contributed by atoms with Crippen molar-refractivity contribution >= 4 is 5.71 Å². The van der Waals surface area contributed by atoms with Gasteiger partial charge in [0, 0.05) is 23.9 Å². The van der Waals surface area contributed by atoms with E-state index in [1.165, 1.54) is 11.1 Å². The highest BCUT2D eigenvalue weighted by Gasteiger charge is 2.41. The van der Waals surface area contributed by atoms with Gasteiger partial charge in [-0.2, -0.15) is 0 Å². The Morgan fingerprint density at radius 1 is 0.792 bits per heavy atom. The molecule has 0 radical (unpaired) electrons. The average molecular weight is 322 g/mol. The average Bonchev–Trinajstić information content (AvgIpc) is 2.67. The van der Waals surface area contributed by atoms with Gasteiger partial charge in [-0.25, -0.2) is 0 Å². The number of hydrogen-bond donors (Lipinski definition) is 2. The molecule has 1 aliphatic rings. The summed E-state index contributed by atoms with van der Waals surface area (Å²) in [5.74, 6) is 0.421. The summed E-state index contributed by atoms with van der Waals surface area (Å²) >= 11 is 0. The van der Waals surface area contributed by atoms with Crippen LogP contribution < -0.4 is 5.32 Å². The Balaban J connectivity index is 2.04. The van der Waals surface area contributed by atoms with Crippen LogP contribution in [0.25, 0.3) is 0 Å². The van der Waals surface area contributed by atoms with E-state index in [4.69, 9.17) is 0 Å². The number of nitrogens with zero attached hydrogens (tertiary/aromatic N) is 1. The Labute approximate surface area is 144 Å². The number of rotatable bonds is 4. The number of piperidine rings is 1. The standard InChI is InChI=1S/C21H26N2O/c1-3-17-19(15-11-7-5-8-12-15)22-20(16-13-9-6-10-14-16)18(4-2)21(17)23-24/h5-14,17-20,22,24H,3-4H2,1-2H3/t17-,18-,19-,20-/m0/s1. The van der Waals surface area contributed by atoms with Crippen molar-refractivity contribution in [3.05, 3.63) is 71.8 Å². The van der Waals surface area contributed by atoms with E-state index in [2.05, 4.69) is 72.9 Å². The summed E-state index contributed by atoms with van der Waals surface area (Å²) in [4.78, 5) is 0. The zero-order chi connectivity index (χ0) is 16.9. The third-order valence-corrected chi connectivity index (χ3v) is 5.24. The molecule has 0 aliphatic carbocycles. The van der Waals surface area contributed by atoms with E-state index < -0.39 is 0 Å². The second-order valence-corrected chi connectivity index (χ2v) is 6.50. The molecule has 0 bridgehead atoms. The summed E-state index contributed by atoms with van der Waals surface area (Å²) in [6.45, 7) is 4.34. The molecule has 0 saturated carbocycles. The molecule has 0 aromatic heterocycles. The second-order valence-electron chi connectivity index (χ2n) is 6.50. The minimum atomic E-state index is 0.162. The van der Waals surface area contributed by atoms with Crippen molar-refractivity contribution in [3.63, 3.8) is 0 Å². The lowest BCUT2D eigenvalue weighted by molar-refractivity contribution is 0.252. The van der Waals surface area contributed by atoms with Crippen LogP contribution in [0.2, 0.25) is 0 Å². The van der Waals surface area contributed by atoms with Gasteiger partial charge in [0.2, 0.25) is 0 Å². The topological polar surface area (TPSA) is 44.6 Å². The van der Waals surface area contributed by atoms with E-state index in [9.17, 15) is 5.21 Å². The maximum Gasteiger partial charge on any atom is 0.0670 e. The summed E-state index contributed by atoms with van der Waals surface area (Å²) in [5.41, 5.74) is 3.43. The number of nitrogens with one attached hydrogen (secondary N) is 1. The summed E-state index contributed by atoms with van der Waals surface area (Å²) in [5, 5.41) is 17.4. The summed E-state index contributed by atoms with van der Waals surface area (Å²) in [6, 6.07) is 21.3. The van der Waals surface area contributed by atoms with Gasteiger partial charge in [0.25, 0.3) is 0 Å². The third kappa shape index (κ3) is 3.09. The van der Waals surface area contributed by atoms with E-state index in [1.54, 1.807) is 0 Å². The molecule has 2 N–H and O–H groups in total. The number of oxime groups is 1. The zero-order valence-electron chi connectivity index (χ0n) is 14.4. The highest BCUT2D eigenvalue weighted by molar-refractivity contribution is 5.91. The van der Waals surface area contributed by atoms with Crippen LogP contribution in [-0.4, -0.2) is 10.9 Å². The summed E-state index contributed by atoms with van der Waals surface area (Å²) in [6.07, 6.45) is 1.90. The van der Waals surface area contributed by atoms with Gasteiger partial charge in [-0.3, -0.25) is 0 Å². The van der Waals surface area contributed by atoms with Crippen LogP contribution in [-0.2, 0) is 0 Å². The normalized spacial score (nSPS) is 27.0. The molecule has 2 aromatic rings. The van der Waals surface area contributed by atoms with Gasteiger partial charge < -0.3 is 10.5 Å². The van der Waals surface area contributed by atoms with Crippen LogP contribution in [0.5, 0.6) is 0 Å². The van der Waals surface area contributed by atoms with Crippen molar-refractivity contribution in [2.45, 2.75) is 38.8 Å². The van der Waals surface area contributed by atoms with Crippen LogP contribution >= 0.6 is 0 Å². The van der Waals surface area contributed by atoms with E-state index in [0.29, 0.717) is 0 Å². The molecule has 1 aliphatic heterocycles. The Hall–Kier alpha value is -2.13. The van der Waals surface area contributed by atoms with Gasteiger partial charge in [-0.1, -0.05) is 79.7 Å². The molecule has 0 spiro atoms. The van der Waals surface area contributed by atoms with Crippen molar-refractivity contribution in [1.29, 1.82) is 0 Å². The maximum atomic E-state index is 9.78. The Morgan fingerprint density at radius 2 is 1.21 bits per heavy atom. The maximum absolute atomic E-state index is 9.78.